The van der Waals surface area contributed by atoms with Crippen LogP contribution in [0.25, 0.3) is 0 Å². The minimum Gasteiger partial charge on any atom is -0.298 e. The number of aromatic nitrogens is 3. The van der Waals surface area contributed by atoms with Crippen molar-refractivity contribution < 1.29 is 0 Å². The molecule has 0 saturated carbocycles. The maximum atomic E-state index is 4.61. The molecule has 1 unspecified atom stereocenters. The zero-order chi connectivity index (χ0) is 16.9. The van der Waals surface area contributed by atoms with Crippen LogP contribution in [0.1, 0.15) is 30.4 Å². The van der Waals surface area contributed by atoms with E-state index in [0.29, 0.717) is 6.04 Å². The second kappa shape index (κ2) is 7.90. The van der Waals surface area contributed by atoms with E-state index in [1.54, 1.807) is 0 Å². The summed E-state index contributed by atoms with van der Waals surface area (Å²) in [5, 5.41) is 4.61. The van der Waals surface area contributed by atoms with Gasteiger partial charge in [-0.25, -0.2) is 0 Å². The Kier molecular flexibility index (Phi) is 5.63. The van der Waals surface area contributed by atoms with Crippen LogP contribution in [0.3, 0.4) is 0 Å². The minimum atomic E-state index is 0.512. The summed E-state index contributed by atoms with van der Waals surface area (Å²) in [6.07, 6.45) is 3.10. The fraction of sp³-hybridized carbons (Fsp3) is 0.579. The van der Waals surface area contributed by atoms with Crippen molar-refractivity contribution in [3.8, 4) is 0 Å². The molecule has 0 spiro atoms. The number of rotatable bonds is 5. The van der Waals surface area contributed by atoms with Gasteiger partial charge in [0.1, 0.15) is 0 Å². The lowest BCUT2D eigenvalue weighted by atomic mass is 10.2. The molecule has 130 valence electrons. The lowest BCUT2D eigenvalue weighted by molar-refractivity contribution is 0.186. The van der Waals surface area contributed by atoms with Crippen LogP contribution >= 0.6 is 0 Å². The van der Waals surface area contributed by atoms with Crippen molar-refractivity contribution in [3.05, 3.63) is 47.5 Å². The number of hydrogen-bond acceptors (Lipinski definition) is 4. The molecule has 1 aliphatic rings. The molecule has 24 heavy (non-hydrogen) atoms. The van der Waals surface area contributed by atoms with Gasteiger partial charge < -0.3 is 0 Å². The third kappa shape index (κ3) is 4.42. The Morgan fingerprint density at radius 2 is 2.00 bits per heavy atom. The van der Waals surface area contributed by atoms with Crippen LogP contribution in [0.2, 0.25) is 0 Å². The summed E-state index contributed by atoms with van der Waals surface area (Å²) in [5.41, 5.74) is 3.53. The highest BCUT2D eigenvalue weighted by Gasteiger charge is 2.20. The van der Waals surface area contributed by atoms with E-state index in [1.807, 2.05) is 12.3 Å². The van der Waals surface area contributed by atoms with Gasteiger partial charge in [0.2, 0.25) is 0 Å². The van der Waals surface area contributed by atoms with Gasteiger partial charge in [-0.05, 0) is 58.5 Å². The molecule has 0 radical (unpaired) electrons. The Morgan fingerprint density at radius 3 is 2.71 bits per heavy atom. The maximum absolute atomic E-state index is 4.61. The molecule has 5 heteroatoms. The molecule has 2 aromatic heterocycles. The fourth-order valence-electron chi connectivity index (χ4n) is 3.54. The van der Waals surface area contributed by atoms with Gasteiger partial charge in [-0.15, -0.1) is 0 Å². The molecule has 0 aromatic carbocycles. The van der Waals surface area contributed by atoms with E-state index in [1.165, 1.54) is 24.4 Å². The second-order valence-corrected chi connectivity index (χ2v) is 6.94. The Labute approximate surface area is 145 Å². The van der Waals surface area contributed by atoms with Crippen molar-refractivity contribution in [1.82, 2.24) is 24.6 Å². The maximum Gasteiger partial charge on any atom is 0.0596 e. The Bertz CT molecular complexity index is 636. The Hall–Kier alpha value is -1.72. The zero-order valence-corrected chi connectivity index (χ0v) is 15.1. The molecule has 3 heterocycles. The van der Waals surface area contributed by atoms with Crippen LogP contribution in [0.5, 0.6) is 0 Å². The predicted octanol–water partition coefficient (Wildman–Crippen LogP) is 2.49. The summed E-state index contributed by atoms with van der Waals surface area (Å²) in [7, 11) is 0. The van der Waals surface area contributed by atoms with E-state index < -0.39 is 0 Å². The average Bonchev–Trinajstić information content (AvgIpc) is 2.76. The smallest absolute Gasteiger partial charge is 0.0596 e. The third-order valence-corrected chi connectivity index (χ3v) is 4.90. The molecule has 3 rings (SSSR count). The van der Waals surface area contributed by atoms with Gasteiger partial charge >= 0.3 is 0 Å². The van der Waals surface area contributed by atoms with E-state index in [2.05, 4.69) is 63.5 Å². The molecule has 2 aromatic rings. The lowest BCUT2D eigenvalue weighted by Gasteiger charge is -2.28. The molecule has 1 atom stereocenters. The van der Waals surface area contributed by atoms with E-state index in [9.17, 15) is 0 Å². The highest BCUT2D eigenvalue weighted by molar-refractivity contribution is 5.07. The van der Waals surface area contributed by atoms with Crippen LogP contribution < -0.4 is 0 Å². The van der Waals surface area contributed by atoms with E-state index in [-0.39, 0.29) is 0 Å². The quantitative estimate of drug-likeness (QED) is 0.845. The summed E-state index contributed by atoms with van der Waals surface area (Å²) in [6.45, 7) is 13.0. The van der Waals surface area contributed by atoms with Gasteiger partial charge in [0.15, 0.2) is 0 Å². The SMILES string of the molecule is Cc1cc(C)n(CC(C)N2CCCN(Cc3ccccn3)CC2)n1. The van der Waals surface area contributed by atoms with Crippen molar-refractivity contribution >= 4 is 0 Å². The molecule has 1 saturated heterocycles. The van der Waals surface area contributed by atoms with Gasteiger partial charge in [-0.2, -0.15) is 5.10 Å². The van der Waals surface area contributed by atoms with Crippen molar-refractivity contribution in [2.45, 2.75) is 46.3 Å². The van der Waals surface area contributed by atoms with Gasteiger partial charge in [0, 0.05) is 37.6 Å². The molecule has 0 bridgehead atoms. The van der Waals surface area contributed by atoms with Crippen LogP contribution in [-0.4, -0.2) is 56.8 Å². The largest absolute Gasteiger partial charge is 0.298 e. The topological polar surface area (TPSA) is 37.2 Å². The molecule has 1 fully saturated rings. The number of pyridine rings is 1. The summed E-state index contributed by atoms with van der Waals surface area (Å²) in [5.74, 6) is 0. The van der Waals surface area contributed by atoms with Crippen LogP contribution in [0.4, 0.5) is 0 Å². The lowest BCUT2D eigenvalue weighted by Crippen LogP contribution is -2.39. The first-order chi connectivity index (χ1) is 11.6. The predicted molar refractivity (Wildman–Crippen MR) is 96.9 cm³/mol. The number of hydrogen-bond donors (Lipinski definition) is 0. The third-order valence-electron chi connectivity index (χ3n) is 4.90. The van der Waals surface area contributed by atoms with Gasteiger partial charge in [0.05, 0.1) is 17.9 Å². The minimum absolute atomic E-state index is 0.512. The van der Waals surface area contributed by atoms with Crippen molar-refractivity contribution in [2.24, 2.45) is 0 Å². The monoisotopic (exact) mass is 327 g/mol. The van der Waals surface area contributed by atoms with Crippen LogP contribution in [-0.2, 0) is 13.1 Å². The zero-order valence-electron chi connectivity index (χ0n) is 15.1. The highest BCUT2D eigenvalue weighted by atomic mass is 15.3. The molecular formula is C19H29N5. The van der Waals surface area contributed by atoms with Gasteiger partial charge in [-0.1, -0.05) is 6.07 Å². The fourth-order valence-corrected chi connectivity index (χ4v) is 3.54. The van der Waals surface area contributed by atoms with Crippen LogP contribution in [0.15, 0.2) is 30.5 Å². The van der Waals surface area contributed by atoms with E-state index in [4.69, 9.17) is 0 Å². The van der Waals surface area contributed by atoms with Crippen molar-refractivity contribution in [1.29, 1.82) is 0 Å². The van der Waals surface area contributed by atoms with Crippen LogP contribution in [0, 0.1) is 13.8 Å². The normalized spacial score (nSPS) is 18.5. The average molecular weight is 327 g/mol. The van der Waals surface area contributed by atoms with Gasteiger partial charge in [-0.3, -0.25) is 19.5 Å². The number of nitrogens with zero attached hydrogens (tertiary/aromatic N) is 5. The summed E-state index contributed by atoms with van der Waals surface area (Å²) >= 11 is 0. The molecule has 5 nitrogen and oxygen atoms in total. The first-order valence-electron chi connectivity index (χ1n) is 8.99. The van der Waals surface area contributed by atoms with E-state index >= 15 is 0 Å². The Morgan fingerprint density at radius 1 is 1.12 bits per heavy atom. The molecule has 0 N–H and O–H groups in total. The highest BCUT2D eigenvalue weighted by Crippen LogP contribution is 2.12. The summed E-state index contributed by atoms with van der Waals surface area (Å²) in [6, 6.07) is 8.84. The molecular weight excluding hydrogens is 298 g/mol. The molecule has 0 amide bonds. The van der Waals surface area contributed by atoms with Crippen molar-refractivity contribution in [3.63, 3.8) is 0 Å². The first-order valence-corrected chi connectivity index (χ1v) is 8.99. The van der Waals surface area contributed by atoms with Gasteiger partial charge in [0.25, 0.3) is 0 Å². The summed E-state index contributed by atoms with van der Waals surface area (Å²) < 4.78 is 2.15. The van der Waals surface area contributed by atoms with Crippen molar-refractivity contribution in [2.75, 3.05) is 26.2 Å². The first kappa shape index (κ1) is 17.1. The molecule has 1 aliphatic heterocycles. The second-order valence-electron chi connectivity index (χ2n) is 6.94. The standard InChI is InChI=1S/C19H29N5/c1-16-13-17(2)24(21-16)14-18(3)23-10-6-9-22(11-12-23)15-19-7-4-5-8-20-19/h4-5,7-8,13,18H,6,9-12,14-15H2,1-3H3. The number of aryl methyl sites for hydroxylation is 2. The van der Waals surface area contributed by atoms with E-state index in [0.717, 1.165) is 38.4 Å². The molecule has 0 aliphatic carbocycles. The summed E-state index contributed by atoms with van der Waals surface area (Å²) in [4.78, 5) is 9.59. The Balaban J connectivity index is 1.54.